The van der Waals surface area contributed by atoms with Gasteiger partial charge in [0, 0.05) is 24.3 Å². The number of benzene rings is 2. The fraction of sp³-hybridized carbons (Fsp3) is 0.333. The summed E-state index contributed by atoms with van der Waals surface area (Å²) >= 11 is 0. The molecule has 3 aromatic rings. The van der Waals surface area contributed by atoms with Crippen molar-refractivity contribution in [1.82, 2.24) is 10.2 Å². The molecule has 2 aromatic carbocycles. The predicted molar refractivity (Wildman–Crippen MR) is 132 cm³/mol. The number of nitrogens with two attached hydrogens (primary N) is 1. The number of allylic oxidation sites excluding steroid dienone is 1. The highest BCUT2D eigenvalue weighted by Crippen LogP contribution is 2.45. The quantitative estimate of drug-likeness (QED) is 0.516. The summed E-state index contributed by atoms with van der Waals surface area (Å²) in [6.07, 6.45) is 1.03. The molecule has 3 N–H and O–H groups in total. The molecule has 6 nitrogen and oxygen atoms in total. The highest BCUT2D eigenvalue weighted by molar-refractivity contribution is 5.71. The molecule has 0 aliphatic carbocycles. The Balaban J connectivity index is 1.78. The highest BCUT2D eigenvalue weighted by atomic mass is 16.5. The topological polar surface area (TPSA) is 91.0 Å². The van der Waals surface area contributed by atoms with Gasteiger partial charge in [0.2, 0.25) is 11.8 Å². The molecule has 1 atom stereocenters. The number of ether oxygens (including phenoxy) is 1. The lowest BCUT2D eigenvalue weighted by Crippen LogP contribution is -2.22. The van der Waals surface area contributed by atoms with Crippen LogP contribution in [0.4, 0.5) is 5.69 Å². The van der Waals surface area contributed by atoms with E-state index >= 15 is 0 Å². The number of aromatic amines is 1. The lowest BCUT2D eigenvalue weighted by atomic mass is 9.83. The third-order valence-electron chi connectivity index (χ3n) is 6.18. The number of nitrogens with zero attached hydrogens (tertiary/aromatic N) is 3. The zero-order valence-corrected chi connectivity index (χ0v) is 19.7. The minimum absolute atomic E-state index is 0.105. The summed E-state index contributed by atoms with van der Waals surface area (Å²) in [4.78, 5) is 2.29. The largest absolute Gasteiger partial charge is 0.420 e. The maximum atomic E-state index is 9.95. The maximum Gasteiger partial charge on any atom is 0.244 e. The fourth-order valence-corrected chi connectivity index (χ4v) is 4.54. The van der Waals surface area contributed by atoms with Gasteiger partial charge in [0.25, 0.3) is 0 Å². The van der Waals surface area contributed by atoms with E-state index in [1.165, 1.54) is 5.56 Å². The molecule has 0 saturated carbocycles. The lowest BCUT2D eigenvalue weighted by molar-refractivity contribution is 0.379. The van der Waals surface area contributed by atoms with E-state index in [9.17, 15) is 5.26 Å². The summed E-state index contributed by atoms with van der Waals surface area (Å²) in [6.45, 7) is 10.6. The molecule has 0 saturated heterocycles. The van der Waals surface area contributed by atoms with Crippen LogP contribution in [-0.2, 0) is 6.42 Å². The van der Waals surface area contributed by atoms with E-state index in [0.717, 1.165) is 47.6 Å². The van der Waals surface area contributed by atoms with Gasteiger partial charge >= 0.3 is 0 Å². The molecule has 0 unspecified atom stereocenters. The molecule has 0 bridgehead atoms. The van der Waals surface area contributed by atoms with Crippen LogP contribution in [0, 0.1) is 17.2 Å². The first-order valence-corrected chi connectivity index (χ1v) is 11.6. The molecule has 170 valence electrons. The molecule has 1 aliphatic heterocycles. The van der Waals surface area contributed by atoms with E-state index < -0.39 is 0 Å². The molecule has 1 aromatic heterocycles. The average molecular weight is 442 g/mol. The van der Waals surface area contributed by atoms with E-state index in [1.807, 2.05) is 0 Å². The summed E-state index contributed by atoms with van der Waals surface area (Å²) < 4.78 is 5.75. The van der Waals surface area contributed by atoms with Gasteiger partial charge in [0.1, 0.15) is 11.6 Å². The van der Waals surface area contributed by atoms with E-state index in [2.05, 4.69) is 97.4 Å². The Morgan fingerprint density at radius 1 is 1.09 bits per heavy atom. The molecule has 0 radical (unpaired) electrons. The van der Waals surface area contributed by atoms with Gasteiger partial charge in [-0.3, -0.25) is 5.10 Å². The van der Waals surface area contributed by atoms with Crippen molar-refractivity contribution in [3.8, 4) is 23.2 Å². The van der Waals surface area contributed by atoms with Crippen LogP contribution < -0.4 is 15.4 Å². The molecule has 4 rings (SSSR count). The van der Waals surface area contributed by atoms with Crippen molar-refractivity contribution in [1.29, 1.82) is 5.26 Å². The van der Waals surface area contributed by atoms with Crippen molar-refractivity contribution in [2.24, 2.45) is 11.7 Å². The smallest absolute Gasteiger partial charge is 0.244 e. The second-order valence-electron chi connectivity index (χ2n) is 8.80. The highest BCUT2D eigenvalue weighted by Gasteiger charge is 2.35. The Hall–Kier alpha value is -3.72. The van der Waals surface area contributed by atoms with Gasteiger partial charge in [-0.1, -0.05) is 50.2 Å². The number of hydrogen-bond donors (Lipinski definition) is 2. The number of rotatable bonds is 7. The number of anilines is 1. The van der Waals surface area contributed by atoms with Gasteiger partial charge in [0.15, 0.2) is 0 Å². The molecule has 0 amide bonds. The van der Waals surface area contributed by atoms with Crippen molar-refractivity contribution in [3.63, 3.8) is 0 Å². The van der Waals surface area contributed by atoms with Crippen LogP contribution in [-0.4, -0.2) is 23.3 Å². The van der Waals surface area contributed by atoms with Gasteiger partial charge in [-0.2, -0.15) is 5.26 Å². The van der Waals surface area contributed by atoms with Crippen LogP contribution in [0.2, 0.25) is 0 Å². The van der Waals surface area contributed by atoms with Crippen LogP contribution in [0.3, 0.4) is 0 Å². The van der Waals surface area contributed by atoms with E-state index in [0.29, 0.717) is 17.4 Å². The molecule has 0 fully saturated rings. The number of nitrogens with one attached hydrogen (secondary N) is 1. The van der Waals surface area contributed by atoms with Crippen molar-refractivity contribution in [2.75, 3.05) is 18.0 Å². The van der Waals surface area contributed by atoms with E-state index in [-0.39, 0.29) is 11.8 Å². The molecule has 0 spiro atoms. The van der Waals surface area contributed by atoms with Crippen LogP contribution in [0.25, 0.3) is 11.3 Å². The number of hydrogen-bond acceptors (Lipinski definition) is 5. The predicted octanol–water partition coefficient (Wildman–Crippen LogP) is 5.34. The fourth-order valence-electron chi connectivity index (χ4n) is 4.54. The van der Waals surface area contributed by atoms with Crippen LogP contribution in [0.5, 0.6) is 5.88 Å². The Bertz CT molecular complexity index is 1180. The second kappa shape index (κ2) is 9.41. The summed E-state index contributed by atoms with van der Waals surface area (Å²) in [5.74, 6) is 0.770. The Morgan fingerprint density at radius 2 is 1.76 bits per heavy atom. The molecule has 33 heavy (non-hydrogen) atoms. The standard InChI is InChI=1S/C27H31N5O/c1-5-32(6-2)21-13-11-19(12-14-21)23-22(16-28)26(29)33-27-24(23)25(30-31-27)20-9-7-18(8-10-20)15-17(3)4/h7-14,17,23H,5-6,15,29H2,1-4H3,(H,30,31)/t23-/m0/s1. The first-order chi connectivity index (χ1) is 16.0. The summed E-state index contributed by atoms with van der Waals surface area (Å²) in [5.41, 5.74) is 12.7. The van der Waals surface area contributed by atoms with Crippen molar-refractivity contribution < 1.29 is 4.74 Å². The monoisotopic (exact) mass is 441 g/mol. The lowest BCUT2D eigenvalue weighted by Gasteiger charge is -2.25. The number of nitriles is 1. The molecular formula is C27H31N5O. The Morgan fingerprint density at radius 3 is 2.33 bits per heavy atom. The molecule has 6 heteroatoms. The average Bonchev–Trinajstić information content (AvgIpc) is 3.23. The van der Waals surface area contributed by atoms with Gasteiger partial charge in [0.05, 0.1) is 17.2 Å². The van der Waals surface area contributed by atoms with Crippen LogP contribution in [0.15, 0.2) is 60.0 Å². The van der Waals surface area contributed by atoms with Crippen LogP contribution >= 0.6 is 0 Å². The zero-order chi connectivity index (χ0) is 23.5. The van der Waals surface area contributed by atoms with E-state index in [1.54, 1.807) is 0 Å². The van der Waals surface area contributed by atoms with Gasteiger partial charge in [-0.25, -0.2) is 0 Å². The number of fused-ring (bicyclic) bond motifs is 1. The van der Waals surface area contributed by atoms with Gasteiger partial charge in [-0.05, 0) is 49.4 Å². The Kier molecular flexibility index (Phi) is 6.41. The summed E-state index contributed by atoms with van der Waals surface area (Å²) in [7, 11) is 0. The second-order valence-corrected chi connectivity index (χ2v) is 8.80. The van der Waals surface area contributed by atoms with Gasteiger partial charge < -0.3 is 15.4 Å². The number of H-pyrrole nitrogens is 1. The summed E-state index contributed by atoms with van der Waals surface area (Å²) in [5, 5.41) is 17.5. The number of aromatic nitrogens is 2. The van der Waals surface area contributed by atoms with Crippen LogP contribution in [0.1, 0.15) is 50.3 Å². The third kappa shape index (κ3) is 4.31. The first kappa shape index (κ1) is 22.5. The minimum Gasteiger partial charge on any atom is -0.420 e. The van der Waals surface area contributed by atoms with Gasteiger partial charge in [-0.15, -0.1) is 5.10 Å². The van der Waals surface area contributed by atoms with Crippen molar-refractivity contribution in [3.05, 3.63) is 76.7 Å². The maximum absolute atomic E-state index is 9.95. The van der Waals surface area contributed by atoms with Crippen molar-refractivity contribution in [2.45, 2.75) is 40.0 Å². The first-order valence-electron chi connectivity index (χ1n) is 11.6. The van der Waals surface area contributed by atoms with Crippen molar-refractivity contribution >= 4 is 5.69 Å². The molecular weight excluding hydrogens is 410 g/mol. The zero-order valence-electron chi connectivity index (χ0n) is 19.7. The minimum atomic E-state index is -0.353. The normalized spacial score (nSPS) is 15.2. The SMILES string of the molecule is CCN(CC)c1ccc([C@H]2C(C#N)=C(N)Oc3n[nH]c(-c4ccc(CC(C)C)cc4)c32)cc1. The molecule has 1 aliphatic rings. The third-order valence-corrected chi connectivity index (χ3v) is 6.18. The Labute approximate surface area is 195 Å². The summed E-state index contributed by atoms with van der Waals surface area (Å²) in [6, 6.07) is 19.1. The molecule has 2 heterocycles. The van der Waals surface area contributed by atoms with E-state index in [4.69, 9.17) is 10.5 Å².